The van der Waals surface area contributed by atoms with Gasteiger partial charge in [0.15, 0.2) is 0 Å². The molecule has 43 heavy (non-hydrogen) atoms. The van der Waals surface area contributed by atoms with Gasteiger partial charge < -0.3 is 30.1 Å². The zero-order chi connectivity index (χ0) is 31.6. The van der Waals surface area contributed by atoms with E-state index in [-0.39, 0.29) is 12.2 Å². The van der Waals surface area contributed by atoms with Gasteiger partial charge in [0.2, 0.25) is 5.91 Å². The Balaban J connectivity index is 2.04. The van der Waals surface area contributed by atoms with Crippen molar-refractivity contribution in [2.24, 2.45) is 0 Å². The minimum atomic E-state index is -1.27. The molecule has 3 N–H and O–H groups in total. The molecule has 0 aliphatic carbocycles. The summed E-state index contributed by atoms with van der Waals surface area (Å²) in [6.07, 6.45) is 4.66. The van der Waals surface area contributed by atoms with Crippen LogP contribution in [-0.4, -0.2) is 53.2 Å². The first-order chi connectivity index (χ1) is 20.4. The van der Waals surface area contributed by atoms with Gasteiger partial charge in [0.25, 0.3) is 5.91 Å². The number of amides is 3. The summed E-state index contributed by atoms with van der Waals surface area (Å²) in [6.45, 7) is 4.58. The van der Waals surface area contributed by atoms with E-state index >= 15 is 0 Å². The van der Waals surface area contributed by atoms with Crippen molar-refractivity contribution in [2.75, 3.05) is 19.0 Å². The van der Waals surface area contributed by atoms with Gasteiger partial charge >= 0.3 is 6.09 Å². The SMILES string of the molecule is C#Cc1ccc(C(C(=O)Nc2ccc(OC)cc2)N(CC#N)C(=O)C(Cc2ccc(O)cc2)NC(=O)OC(C)(C)C)cc1. The molecule has 0 saturated heterocycles. The number of hydrogen-bond acceptors (Lipinski definition) is 7. The lowest BCUT2D eigenvalue weighted by molar-refractivity contribution is -0.140. The van der Waals surface area contributed by atoms with Crippen molar-refractivity contribution in [3.05, 3.63) is 89.5 Å². The standard InChI is InChI=1S/C33H34N4O6/c1-6-22-7-11-24(12-8-22)29(30(39)35-25-13-17-27(42-5)18-14-25)37(20-19-34)31(40)28(36-32(41)43-33(2,3)4)21-23-9-15-26(38)16-10-23/h1,7-18,28-29,38H,20-21H2,2-5H3,(H,35,39)(H,36,41). The van der Waals surface area contributed by atoms with Gasteiger partial charge in [0.05, 0.1) is 13.2 Å². The Hall–Kier alpha value is -5.48. The number of alkyl carbamates (subject to hydrolysis) is 1. The Labute approximate surface area is 251 Å². The summed E-state index contributed by atoms with van der Waals surface area (Å²) < 4.78 is 10.6. The number of hydrogen-bond donors (Lipinski definition) is 3. The smallest absolute Gasteiger partial charge is 0.408 e. The van der Waals surface area contributed by atoms with E-state index in [2.05, 4.69) is 16.6 Å². The molecule has 0 bridgehead atoms. The fraction of sp³-hybridized carbons (Fsp3) is 0.273. The molecule has 0 fully saturated rings. The number of nitrogens with zero attached hydrogens (tertiary/aromatic N) is 2. The normalized spacial score (nSPS) is 12.0. The second kappa shape index (κ2) is 14.4. The average Bonchev–Trinajstić information content (AvgIpc) is 2.97. The van der Waals surface area contributed by atoms with Gasteiger partial charge in [-0.05, 0) is 80.4 Å². The van der Waals surface area contributed by atoms with Crippen LogP contribution < -0.4 is 15.4 Å². The molecule has 3 aromatic rings. The maximum Gasteiger partial charge on any atom is 0.408 e. The number of phenolic OH excluding ortho intramolecular Hbond substituents is 1. The highest BCUT2D eigenvalue weighted by Crippen LogP contribution is 2.26. The first kappa shape index (κ1) is 32.0. The maximum absolute atomic E-state index is 14.2. The molecule has 0 aliphatic heterocycles. The van der Waals surface area contributed by atoms with Crippen molar-refractivity contribution in [1.29, 1.82) is 5.26 Å². The highest BCUT2D eigenvalue weighted by atomic mass is 16.6. The molecule has 0 aromatic heterocycles. The van der Waals surface area contributed by atoms with Crippen LogP contribution in [0.1, 0.15) is 43.5 Å². The lowest BCUT2D eigenvalue weighted by atomic mass is 9.99. The van der Waals surface area contributed by atoms with Gasteiger partial charge in [-0.15, -0.1) is 6.42 Å². The molecule has 3 rings (SSSR count). The molecule has 0 saturated carbocycles. The highest BCUT2D eigenvalue weighted by Gasteiger charge is 2.36. The van der Waals surface area contributed by atoms with Gasteiger partial charge in [-0.1, -0.05) is 30.2 Å². The van der Waals surface area contributed by atoms with Gasteiger partial charge in [-0.3, -0.25) is 9.59 Å². The van der Waals surface area contributed by atoms with Gasteiger partial charge in [0, 0.05) is 17.7 Å². The molecular formula is C33H34N4O6. The molecular weight excluding hydrogens is 548 g/mol. The number of nitrogens with one attached hydrogen (secondary N) is 2. The van der Waals surface area contributed by atoms with E-state index in [0.717, 1.165) is 4.90 Å². The molecule has 222 valence electrons. The topological polar surface area (TPSA) is 141 Å². The predicted molar refractivity (Wildman–Crippen MR) is 161 cm³/mol. The van der Waals surface area contributed by atoms with Crippen LogP contribution in [0.5, 0.6) is 11.5 Å². The van der Waals surface area contributed by atoms with Crippen LogP contribution in [0.4, 0.5) is 10.5 Å². The van der Waals surface area contributed by atoms with Crippen molar-refractivity contribution in [3.8, 4) is 29.9 Å². The van der Waals surface area contributed by atoms with E-state index in [9.17, 15) is 24.8 Å². The number of nitriles is 1. The third kappa shape index (κ3) is 9.27. The Morgan fingerprint density at radius 1 is 1.00 bits per heavy atom. The van der Waals surface area contributed by atoms with Gasteiger partial charge in [0.1, 0.15) is 35.7 Å². The summed E-state index contributed by atoms with van der Waals surface area (Å²) in [5, 5.41) is 24.9. The van der Waals surface area contributed by atoms with Crippen LogP contribution in [0.2, 0.25) is 0 Å². The monoisotopic (exact) mass is 582 g/mol. The number of aromatic hydroxyl groups is 1. The number of anilines is 1. The molecule has 10 nitrogen and oxygen atoms in total. The second-order valence-electron chi connectivity index (χ2n) is 10.6. The van der Waals surface area contributed by atoms with Crippen molar-refractivity contribution in [3.63, 3.8) is 0 Å². The average molecular weight is 583 g/mol. The number of terminal acetylenes is 1. The van der Waals surface area contributed by atoms with Gasteiger partial charge in [-0.2, -0.15) is 5.26 Å². The molecule has 3 amide bonds. The number of carbonyl (C=O) groups excluding carboxylic acids is 3. The lowest BCUT2D eigenvalue weighted by Crippen LogP contribution is -2.53. The highest BCUT2D eigenvalue weighted by molar-refractivity contribution is 5.99. The van der Waals surface area contributed by atoms with Crippen molar-refractivity contribution < 1.29 is 29.0 Å². The Kier molecular flexibility index (Phi) is 10.7. The van der Waals surface area contributed by atoms with E-state index in [4.69, 9.17) is 15.9 Å². The fourth-order valence-corrected chi connectivity index (χ4v) is 4.21. The Morgan fingerprint density at radius 3 is 2.16 bits per heavy atom. The number of phenols is 1. The molecule has 0 radical (unpaired) electrons. The minimum Gasteiger partial charge on any atom is -0.508 e. The summed E-state index contributed by atoms with van der Waals surface area (Å²) in [5.41, 5.74) is 1.17. The second-order valence-corrected chi connectivity index (χ2v) is 10.6. The molecule has 10 heteroatoms. The molecule has 0 spiro atoms. The number of benzene rings is 3. The first-order valence-electron chi connectivity index (χ1n) is 13.4. The number of rotatable bonds is 10. The van der Waals surface area contributed by atoms with E-state index in [1.807, 2.05) is 6.07 Å². The first-order valence-corrected chi connectivity index (χ1v) is 13.4. The molecule has 0 aliphatic rings. The van der Waals surface area contributed by atoms with Crippen LogP contribution in [-0.2, 0) is 20.7 Å². The fourth-order valence-electron chi connectivity index (χ4n) is 4.21. The van der Waals surface area contributed by atoms with E-state index in [0.29, 0.717) is 28.1 Å². The molecule has 0 heterocycles. The quantitative estimate of drug-likeness (QED) is 0.235. The van der Waals surface area contributed by atoms with Crippen LogP contribution in [0.3, 0.4) is 0 Å². The van der Waals surface area contributed by atoms with Gasteiger partial charge in [-0.25, -0.2) is 4.79 Å². The third-order valence-electron chi connectivity index (χ3n) is 6.20. The summed E-state index contributed by atoms with van der Waals surface area (Å²) in [7, 11) is 1.52. The third-order valence-corrected chi connectivity index (χ3v) is 6.20. The van der Waals surface area contributed by atoms with E-state index in [1.165, 1.54) is 19.2 Å². The summed E-state index contributed by atoms with van der Waals surface area (Å²) in [5.74, 6) is 1.84. The lowest BCUT2D eigenvalue weighted by Gasteiger charge is -2.33. The van der Waals surface area contributed by atoms with Crippen LogP contribution in [0.25, 0.3) is 0 Å². The molecule has 2 atom stereocenters. The van der Waals surface area contributed by atoms with Crippen LogP contribution >= 0.6 is 0 Å². The zero-order valence-electron chi connectivity index (χ0n) is 24.5. The Morgan fingerprint density at radius 2 is 1.63 bits per heavy atom. The largest absolute Gasteiger partial charge is 0.508 e. The Bertz CT molecular complexity index is 1500. The maximum atomic E-state index is 14.2. The van der Waals surface area contributed by atoms with Crippen LogP contribution in [0, 0.1) is 23.7 Å². The van der Waals surface area contributed by atoms with E-state index < -0.39 is 42.1 Å². The van der Waals surface area contributed by atoms with Crippen molar-refractivity contribution in [2.45, 2.75) is 44.9 Å². The van der Waals surface area contributed by atoms with E-state index in [1.54, 1.807) is 81.4 Å². The summed E-state index contributed by atoms with van der Waals surface area (Å²) >= 11 is 0. The molecule has 2 unspecified atom stereocenters. The van der Waals surface area contributed by atoms with Crippen LogP contribution in [0.15, 0.2) is 72.8 Å². The van der Waals surface area contributed by atoms with Crippen molar-refractivity contribution >= 4 is 23.6 Å². The van der Waals surface area contributed by atoms with Crippen molar-refractivity contribution in [1.82, 2.24) is 10.2 Å². The summed E-state index contributed by atoms with van der Waals surface area (Å²) in [6, 6.07) is 18.7. The molecule has 3 aromatic carbocycles. The minimum absolute atomic E-state index is 0.0108. The zero-order valence-corrected chi connectivity index (χ0v) is 24.5. The number of carbonyl (C=O) groups is 3. The number of methoxy groups -OCH3 is 1. The predicted octanol–water partition coefficient (Wildman–Crippen LogP) is 4.55. The number of ether oxygens (including phenoxy) is 2. The summed E-state index contributed by atoms with van der Waals surface area (Å²) in [4.78, 5) is 42.0.